The number of ether oxygens (including phenoxy) is 1. The average molecular weight is 482 g/mol. The van der Waals surface area contributed by atoms with E-state index in [9.17, 15) is 8.42 Å². The zero-order valence-electron chi connectivity index (χ0n) is 20.6. The maximum atomic E-state index is 13.4. The molecule has 0 aliphatic carbocycles. The van der Waals surface area contributed by atoms with Crippen LogP contribution in [0.4, 0.5) is 0 Å². The molecule has 1 aliphatic heterocycles. The van der Waals surface area contributed by atoms with Crippen LogP contribution < -0.4 is 4.18 Å². The summed E-state index contributed by atoms with van der Waals surface area (Å²) in [5.74, 6) is 0.372. The van der Waals surface area contributed by atoms with Crippen LogP contribution in [0.25, 0.3) is 10.9 Å². The number of hydrogen-bond donors (Lipinski definition) is 0. The topological polar surface area (TPSA) is 65.5 Å². The van der Waals surface area contributed by atoms with E-state index in [2.05, 4.69) is 20.8 Å². The zero-order valence-corrected chi connectivity index (χ0v) is 21.5. The van der Waals surface area contributed by atoms with Crippen LogP contribution in [0.15, 0.2) is 53.4 Å². The number of pyridine rings is 1. The molecule has 2 aromatic carbocycles. The Morgan fingerprint density at radius 1 is 0.971 bits per heavy atom. The van der Waals surface area contributed by atoms with Crippen molar-refractivity contribution < 1.29 is 17.3 Å². The van der Waals surface area contributed by atoms with Crippen molar-refractivity contribution in [3.8, 4) is 5.75 Å². The third kappa shape index (κ3) is 4.58. The van der Waals surface area contributed by atoms with Crippen LogP contribution in [0.1, 0.15) is 88.6 Å². The first-order valence-electron chi connectivity index (χ1n) is 12.5. The fraction of sp³-hybridized carbons (Fsp3) is 0.464. The number of hydrogen-bond acceptors (Lipinski definition) is 5. The van der Waals surface area contributed by atoms with E-state index in [0.29, 0.717) is 11.1 Å². The van der Waals surface area contributed by atoms with Gasteiger partial charge in [0, 0.05) is 10.9 Å². The Hall–Kier alpha value is -2.44. The van der Waals surface area contributed by atoms with Crippen molar-refractivity contribution in [2.24, 2.45) is 0 Å². The second-order valence-corrected chi connectivity index (χ2v) is 10.9. The van der Waals surface area contributed by atoms with Crippen molar-refractivity contribution in [1.82, 2.24) is 4.98 Å². The van der Waals surface area contributed by atoms with E-state index in [0.717, 1.165) is 67.3 Å². The molecule has 4 rings (SSSR count). The Bertz CT molecular complexity index is 1250. The van der Waals surface area contributed by atoms with E-state index in [4.69, 9.17) is 13.9 Å². The predicted molar refractivity (Wildman–Crippen MR) is 136 cm³/mol. The summed E-state index contributed by atoms with van der Waals surface area (Å²) >= 11 is 0. The van der Waals surface area contributed by atoms with Crippen molar-refractivity contribution >= 4 is 21.0 Å². The van der Waals surface area contributed by atoms with Crippen LogP contribution in [0, 0.1) is 6.92 Å². The molecule has 6 heteroatoms. The van der Waals surface area contributed by atoms with Crippen LogP contribution in [-0.4, -0.2) is 13.4 Å². The number of aryl methyl sites for hydroxylation is 1. The van der Waals surface area contributed by atoms with Crippen LogP contribution in [-0.2, 0) is 20.5 Å². The quantitative estimate of drug-likeness (QED) is 0.283. The smallest absolute Gasteiger partial charge is 0.339 e. The van der Waals surface area contributed by atoms with Gasteiger partial charge in [0.2, 0.25) is 0 Å². The van der Waals surface area contributed by atoms with E-state index in [-0.39, 0.29) is 11.0 Å². The van der Waals surface area contributed by atoms with Gasteiger partial charge in [-0.1, -0.05) is 76.3 Å². The summed E-state index contributed by atoms with van der Waals surface area (Å²) in [5.41, 5.74) is 2.86. The molecule has 182 valence electrons. The lowest BCUT2D eigenvalue weighted by molar-refractivity contribution is -0.0933. The molecule has 5 nitrogen and oxygen atoms in total. The average Bonchev–Trinajstić information content (AvgIpc) is 3.11. The Balaban J connectivity index is 1.95. The molecule has 34 heavy (non-hydrogen) atoms. The van der Waals surface area contributed by atoms with Gasteiger partial charge >= 0.3 is 10.1 Å². The summed E-state index contributed by atoms with van der Waals surface area (Å²) in [6.45, 7) is 8.39. The molecular formula is C28H35NO4S. The third-order valence-electron chi connectivity index (χ3n) is 6.63. The molecule has 3 aromatic rings. The molecule has 0 saturated carbocycles. The van der Waals surface area contributed by atoms with Gasteiger partial charge in [-0.3, -0.25) is 0 Å². The minimum Gasteiger partial charge on any atom is -0.378 e. The summed E-state index contributed by atoms with van der Waals surface area (Å²) < 4.78 is 39.6. The SMILES string of the molecule is CCCCC1OC(CCC)(CCC)c2nc3ccccc3c(OS(=O)(=O)c3ccc(C)cc3)c21. The predicted octanol–water partition coefficient (Wildman–Crippen LogP) is 7.37. The number of nitrogens with zero attached hydrogens (tertiary/aromatic N) is 1. The third-order valence-corrected chi connectivity index (χ3v) is 7.87. The Morgan fingerprint density at radius 2 is 1.65 bits per heavy atom. The highest BCUT2D eigenvalue weighted by atomic mass is 32.2. The van der Waals surface area contributed by atoms with E-state index in [1.807, 2.05) is 31.2 Å². The minimum atomic E-state index is -4.03. The second-order valence-electron chi connectivity index (χ2n) is 9.31. The van der Waals surface area contributed by atoms with Gasteiger partial charge in [0.25, 0.3) is 0 Å². The van der Waals surface area contributed by atoms with Crippen molar-refractivity contribution in [2.75, 3.05) is 0 Å². The summed E-state index contributed by atoms with van der Waals surface area (Å²) in [4.78, 5) is 5.22. The first kappa shape index (κ1) is 24.7. The van der Waals surface area contributed by atoms with Crippen molar-refractivity contribution in [3.63, 3.8) is 0 Å². The van der Waals surface area contributed by atoms with E-state index < -0.39 is 15.7 Å². The van der Waals surface area contributed by atoms with Crippen LogP contribution in [0.5, 0.6) is 5.75 Å². The maximum Gasteiger partial charge on any atom is 0.339 e. The second kappa shape index (κ2) is 10.0. The molecule has 1 aromatic heterocycles. The zero-order chi connectivity index (χ0) is 24.3. The fourth-order valence-electron chi connectivity index (χ4n) is 5.06. The molecule has 0 fully saturated rings. The molecule has 1 atom stereocenters. The number of aromatic nitrogens is 1. The van der Waals surface area contributed by atoms with Gasteiger partial charge in [0.1, 0.15) is 10.5 Å². The van der Waals surface area contributed by atoms with E-state index >= 15 is 0 Å². The molecule has 0 bridgehead atoms. The van der Waals surface area contributed by atoms with Crippen LogP contribution in [0.3, 0.4) is 0 Å². The normalized spacial score (nSPS) is 17.1. The molecule has 1 aliphatic rings. The fourth-order valence-corrected chi connectivity index (χ4v) is 6.03. The largest absolute Gasteiger partial charge is 0.378 e. The molecule has 0 N–H and O–H groups in total. The molecule has 0 spiro atoms. The lowest BCUT2D eigenvalue weighted by atomic mass is 9.87. The molecule has 0 radical (unpaired) electrons. The van der Waals surface area contributed by atoms with Gasteiger partial charge in [-0.05, 0) is 50.5 Å². The van der Waals surface area contributed by atoms with Gasteiger partial charge in [0.15, 0.2) is 5.75 Å². The van der Waals surface area contributed by atoms with Gasteiger partial charge in [-0.2, -0.15) is 8.42 Å². The van der Waals surface area contributed by atoms with Gasteiger partial charge in [0.05, 0.1) is 17.3 Å². The van der Waals surface area contributed by atoms with Crippen molar-refractivity contribution in [1.29, 1.82) is 0 Å². The summed E-state index contributed by atoms with van der Waals surface area (Å²) in [5, 5.41) is 0.700. The van der Waals surface area contributed by atoms with Crippen LogP contribution in [0.2, 0.25) is 0 Å². The summed E-state index contributed by atoms with van der Waals surface area (Å²) in [6.07, 6.45) is 6.15. The number of unbranched alkanes of at least 4 members (excludes halogenated alkanes) is 1. The van der Waals surface area contributed by atoms with Crippen molar-refractivity contribution in [2.45, 2.75) is 89.2 Å². The molecule has 0 amide bonds. The Morgan fingerprint density at radius 3 is 2.29 bits per heavy atom. The first-order chi connectivity index (χ1) is 16.3. The highest BCUT2D eigenvalue weighted by Crippen LogP contribution is 2.54. The first-order valence-corrected chi connectivity index (χ1v) is 13.9. The number of benzene rings is 2. The number of rotatable bonds is 10. The monoisotopic (exact) mass is 481 g/mol. The highest BCUT2D eigenvalue weighted by molar-refractivity contribution is 7.87. The maximum absolute atomic E-state index is 13.4. The van der Waals surface area contributed by atoms with E-state index in [1.165, 1.54) is 0 Å². The molecule has 2 heterocycles. The van der Waals surface area contributed by atoms with Crippen molar-refractivity contribution in [3.05, 3.63) is 65.4 Å². The van der Waals surface area contributed by atoms with Crippen LogP contribution >= 0.6 is 0 Å². The van der Waals surface area contributed by atoms with Gasteiger partial charge in [-0.15, -0.1) is 0 Å². The standard InChI is InChI=1S/C28H35NO4S/c1-5-8-13-24-25-26(33-34(30,31)21-16-14-20(4)15-17-21)22-11-9-10-12-23(22)29-27(25)28(32-24,18-6-2)19-7-3/h9-12,14-17,24H,5-8,13,18-19H2,1-4H3. The lowest BCUT2D eigenvalue weighted by Gasteiger charge is -2.29. The van der Waals surface area contributed by atoms with E-state index in [1.54, 1.807) is 24.3 Å². The number of para-hydroxylation sites is 1. The minimum absolute atomic E-state index is 0.144. The highest BCUT2D eigenvalue weighted by Gasteiger charge is 2.47. The van der Waals surface area contributed by atoms with Gasteiger partial charge in [-0.25, -0.2) is 4.98 Å². The molecular weight excluding hydrogens is 446 g/mol. The molecule has 1 unspecified atom stereocenters. The summed E-state index contributed by atoms with van der Waals surface area (Å²) in [6, 6.07) is 14.4. The van der Waals surface area contributed by atoms with Gasteiger partial charge < -0.3 is 8.92 Å². The summed E-state index contributed by atoms with van der Waals surface area (Å²) in [7, 11) is -4.03. The number of fused-ring (bicyclic) bond motifs is 2. The Kier molecular flexibility index (Phi) is 7.29. The Labute approximate surface area is 203 Å². The lowest BCUT2D eigenvalue weighted by Crippen LogP contribution is -2.26. The molecule has 0 saturated heterocycles.